The number of hydrogen-bond acceptors (Lipinski definition) is 4. The summed E-state index contributed by atoms with van der Waals surface area (Å²) in [5, 5.41) is 6.20. The molecule has 104 valence electrons. The molecule has 0 atom stereocenters. The van der Waals surface area contributed by atoms with Crippen LogP contribution in [0.4, 0.5) is 10.6 Å². The summed E-state index contributed by atoms with van der Waals surface area (Å²) in [6, 6.07) is 1.34. The van der Waals surface area contributed by atoms with Crippen LogP contribution in [0.25, 0.3) is 0 Å². The Morgan fingerprint density at radius 2 is 2.21 bits per heavy atom. The van der Waals surface area contributed by atoms with Crippen LogP contribution in [-0.4, -0.2) is 54.1 Å². The van der Waals surface area contributed by atoms with Gasteiger partial charge in [-0.1, -0.05) is 11.2 Å². The van der Waals surface area contributed by atoms with E-state index in [1.54, 1.807) is 33.2 Å². The Kier molecular flexibility index (Phi) is 5.11. The first kappa shape index (κ1) is 14.7. The minimum absolute atomic E-state index is 0.0745. The number of nitrogens with zero attached hydrogens (tertiary/aromatic N) is 3. The molecule has 0 bridgehead atoms. The molecule has 1 aromatic heterocycles. The Balaban J connectivity index is 2.61. The van der Waals surface area contributed by atoms with E-state index < -0.39 is 0 Å². The van der Waals surface area contributed by atoms with Crippen molar-refractivity contribution in [3.63, 3.8) is 0 Å². The molecule has 7 heteroatoms. The first-order chi connectivity index (χ1) is 8.93. The van der Waals surface area contributed by atoms with Crippen molar-refractivity contribution in [3.05, 3.63) is 24.5 Å². The molecule has 19 heavy (non-hydrogen) atoms. The molecule has 1 N–H and O–H groups in total. The lowest BCUT2D eigenvalue weighted by atomic mass is 10.4. The Labute approximate surface area is 111 Å². The number of hydrogen-bond donors (Lipinski definition) is 1. The topological polar surface area (TPSA) is 78.7 Å². The quantitative estimate of drug-likeness (QED) is 0.809. The van der Waals surface area contributed by atoms with Gasteiger partial charge in [0.15, 0.2) is 5.82 Å². The monoisotopic (exact) mass is 266 g/mol. The second-order valence-electron chi connectivity index (χ2n) is 4.22. The molecular weight excluding hydrogens is 248 g/mol. The smallest absolute Gasteiger partial charge is 0.320 e. The van der Waals surface area contributed by atoms with Gasteiger partial charge in [0, 0.05) is 26.7 Å². The molecule has 1 aromatic rings. The van der Waals surface area contributed by atoms with E-state index in [2.05, 4.69) is 17.1 Å². The van der Waals surface area contributed by atoms with Crippen LogP contribution in [0.3, 0.4) is 0 Å². The summed E-state index contributed by atoms with van der Waals surface area (Å²) in [7, 11) is 3.24. The molecular formula is C12H18N4O3. The zero-order chi connectivity index (χ0) is 14.4. The van der Waals surface area contributed by atoms with Gasteiger partial charge < -0.3 is 19.6 Å². The molecule has 3 amide bonds. The van der Waals surface area contributed by atoms with E-state index in [1.807, 2.05) is 0 Å². The minimum Gasteiger partial charge on any atom is -0.360 e. The average molecular weight is 266 g/mol. The third-order valence-corrected chi connectivity index (χ3v) is 2.23. The van der Waals surface area contributed by atoms with Crippen molar-refractivity contribution in [2.24, 2.45) is 0 Å². The van der Waals surface area contributed by atoms with Crippen LogP contribution in [0, 0.1) is 6.92 Å². The third kappa shape index (κ3) is 4.46. The molecule has 0 aromatic carbocycles. The van der Waals surface area contributed by atoms with E-state index in [0.717, 1.165) is 0 Å². The lowest BCUT2D eigenvalue weighted by Gasteiger charge is -2.24. The number of anilines is 1. The van der Waals surface area contributed by atoms with Crippen LogP contribution in [0.5, 0.6) is 0 Å². The fraction of sp³-hybridized carbons (Fsp3) is 0.417. The van der Waals surface area contributed by atoms with Crippen LogP contribution < -0.4 is 5.32 Å². The van der Waals surface area contributed by atoms with Crippen LogP contribution >= 0.6 is 0 Å². The lowest BCUT2D eigenvalue weighted by molar-refractivity contribution is -0.116. The van der Waals surface area contributed by atoms with Crippen molar-refractivity contribution in [2.45, 2.75) is 6.92 Å². The normalized spacial score (nSPS) is 9.84. The molecule has 0 aliphatic carbocycles. The first-order valence-electron chi connectivity index (χ1n) is 5.74. The fourth-order valence-electron chi connectivity index (χ4n) is 1.43. The van der Waals surface area contributed by atoms with Gasteiger partial charge in [0.05, 0.1) is 0 Å². The molecule has 0 saturated heterocycles. The molecule has 0 aliphatic heterocycles. The predicted molar refractivity (Wildman–Crippen MR) is 70.7 cm³/mol. The van der Waals surface area contributed by atoms with Gasteiger partial charge in [-0.15, -0.1) is 6.58 Å². The summed E-state index contributed by atoms with van der Waals surface area (Å²) in [6.07, 6.45) is 1.56. The fourth-order valence-corrected chi connectivity index (χ4v) is 1.43. The average Bonchev–Trinajstić information content (AvgIpc) is 2.73. The second kappa shape index (κ2) is 6.58. The highest BCUT2D eigenvalue weighted by molar-refractivity contribution is 5.93. The Bertz CT molecular complexity index is 467. The van der Waals surface area contributed by atoms with E-state index in [4.69, 9.17) is 4.52 Å². The standard InChI is InChI=1S/C12H18N4O3/c1-5-6-16(12(18)15(3)4)8-11(17)13-10-7-9(2)19-14-10/h5,7H,1,6,8H2,2-4H3,(H,13,14,17). The van der Waals surface area contributed by atoms with Crippen molar-refractivity contribution < 1.29 is 14.1 Å². The van der Waals surface area contributed by atoms with Gasteiger partial charge in [0.25, 0.3) is 0 Å². The Hall–Kier alpha value is -2.31. The van der Waals surface area contributed by atoms with Gasteiger partial charge in [-0.05, 0) is 6.92 Å². The largest absolute Gasteiger partial charge is 0.360 e. The van der Waals surface area contributed by atoms with Crippen LogP contribution in [0.1, 0.15) is 5.76 Å². The summed E-state index contributed by atoms with van der Waals surface area (Å²) in [5.41, 5.74) is 0. The molecule has 0 aliphatic rings. The number of amides is 3. The highest BCUT2D eigenvalue weighted by Gasteiger charge is 2.18. The van der Waals surface area contributed by atoms with Crippen molar-refractivity contribution >= 4 is 17.8 Å². The van der Waals surface area contributed by atoms with E-state index in [1.165, 1.54) is 9.80 Å². The highest BCUT2D eigenvalue weighted by atomic mass is 16.5. The number of aromatic nitrogens is 1. The highest BCUT2D eigenvalue weighted by Crippen LogP contribution is 2.07. The number of rotatable bonds is 5. The van der Waals surface area contributed by atoms with Gasteiger partial charge >= 0.3 is 6.03 Å². The summed E-state index contributed by atoms with van der Waals surface area (Å²) in [5.74, 6) is 0.589. The predicted octanol–water partition coefficient (Wildman–Crippen LogP) is 1.09. The summed E-state index contributed by atoms with van der Waals surface area (Å²) < 4.78 is 4.83. The van der Waals surface area contributed by atoms with Gasteiger partial charge in [-0.3, -0.25) is 4.79 Å². The van der Waals surface area contributed by atoms with E-state index in [0.29, 0.717) is 18.1 Å². The molecule has 0 unspecified atom stereocenters. The van der Waals surface area contributed by atoms with Crippen molar-refractivity contribution in [3.8, 4) is 0 Å². The second-order valence-corrected chi connectivity index (χ2v) is 4.22. The first-order valence-corrected chi connectivity index (χ1v) is 5.74. The van der Waals surface area contributed by atoms with Crippen LogP contribution in [0.15, 0.2) is 23.2 Å². The van der Waals surface area contributed by atoms with Gasteiger partial charge in [0.2, 0.25) is 5.91 Å². The minimum atomic E-state index is -0.342. The Morgan fingerprint density at radius 1 is 1.53 bits per heavy atom. The number of nitrogens with one attached hydrogen (secondary N) is 1. The van der Waals surface area contributed by atoms with Crippen LogP contribution in [0.2, 0.25) is 0 Å². The molecule has 0 spiro atoms. The van der Waals surface area contributed by atoms with Gasteiger partial charge in [0.1, 0.15) is 12.3 Å². The lowest BCUT2D eigenvalue weighted by Crippen LogP contribution is -2.43. The molecule has 1 rings (SSSR count). The summed E-state index contributed by atoms with van der Waals surface area (Å²) in [4.78, 5) is 26.4. The molecule has 0 fully saturated rings. The number of carbonyl (C=O) groups is 2. The molecule has 0 saturated carbocycles. The number of urea groups is 1. The van der Waals surface area contributed by atoms with Crippen molar-refractivity contribution in [1.82, 2.24) is 15.0 Å². The van der Waals surface area contributed by atoms with Crippen molar-refractivity contribution in [1.29, 1.82) is 0 Å². The Morgan fingerprint density at radius 3 is 2.68 bits per heavy atom. The zero-order valence-corrected chi connectivity index (χ0v) is 11.3. The van der Waals surface area contributed by atoms with E-state index in [9.17, 15) is 9.59 Å². The SMILES string of the molecule is C=CCN(CC(=O)Nc1cc(C)on1)C(=O)N(C)C. The molecule has 1 heterocycles. The summed E-state index contributed by atoms with van der Waals surface area (Å²) >= 11 is 0. The number of carbonyl (C=O) groups excluding carboxylic acids is 2. The maximum Gasteiger partial charge on any atom is 0.320 e. The summed E-state index contributed by atoms with van der Waals surface area (Å²) in [6.45, 7) is 5.51. The third-order valence-electron chi connectivity index (χ3n) is 2.23. The van der Waals surface area contributed by atoms with Crippen molar-refractivity contribution in [2.75, 3.05) is 32.5 Å². The maximum atomic E-state index is 11.8. The number of aryl methyl sites for hydroxylation is 1. The maximum absolute atomic E-state index is 11.8. The van der Waals surface area contributed by atoms with E-state index >= 15 is 0 Å². The van der Waals surface area contributed by atoms with Gasteiger partial charge in [-0.2, -0.15) is 0 Å². The van der Waals surface area contributed by atoms with Gasteiger partial charge in [-0.25, -0.2) is 4.79 Å². The zero-order valence-electron chi connectivity index (χ0n) is 11.3. The van der Waals surface area contributed by atoms with Crippen LogP contribution in [-0.2, 0) is 4.79 Å². The molecule has 0 radical (unpaired) electrons. The molecule has 7 nitrogen and oxygen atoms in total. The van der Waals surface area contributed by atoms with E-state index in [-0.39, 0.29) is 18.5 Å².